The number of para-hydroxylation sites is 1. The van der Waals surface area contributed by atoms with Gasteiger partial charge in [-0.05, 0) is 36.4 Å². The molecule has 1 heterocycles. The third-order valence-electron chi connectivity index (χ3n) is 3.48. The molecule has 25 heavy (non-hydrogen) atoms. The maximum atomic E-state index is 12.6. The summed E-state index contributed by atoms with van der Waals surface area (Å²) in [5.74, 6) is 0.156. The monoisotopic (exact) mass is 374 g/mol. The first-order valence-electron chi connectivity index (χ1n) is 7.47. The molecule has 3 rings (SSSR count). The van der Waals surface area contributed by atoms with Crippen molar-refractivity contribution in [3.8, 4) is 5.75 Å². The van der Waals surface area contributed by atoms with Crippen LogP contribution < -0.4 is 15.8 Å². The number of thioether (sulfide) groups is 1. The summed E-state index contributed by atoms with van der Waals surface area (Å²) < 4.78 is 5.60. The van der Waals surface area contributed by atoms with Gasteiger partial charge in [-0.2, -0.15) is 0 Å². The number of amides is 2. The number of anilines is 1. The lowest BCUT2D eigenvalue weighted by atomic mass is 10.1. The van der Waals surface area contributed by atoms with Crippen molar-refractivity contribution in [2.45, 2.75) is 4.90 Å². The van der Waals surface area contributed by atoms with Gasteiger partial charge in [-0.3, -0.25) is 9.59 Å². The Kier molecular flexibility index (Phi) is 5.31. The molecule has 2 aromatic carbocycles. The van der Waals surface area contributed by atoms with Crippen LogP contribution in [-0.4, -0.2) is 24.2 Å². The number of rotatable bonds is 5. The standard InChI is InChI=1S/C18H15ClN2O3S/c19-13-5-6-15-11(8-13)7-12(9-24-15)18(23)21-14-3-1-2-4-16(14)25-10-17(20)22/h1-8H,9-10H2,(H2,20,22)(H,21,23). The molecule has 1 aliphatic rings. The van der Waals surface area contributed by atoms with Gasteiger partial charge in [0.2, 0.25) is 5.91 Å². The van der Waals surface area contributed by atoms with Gasteiger partial charge >= 0.3 is 0 Å². The molecular weight excluding hydrogens is 360 g/mol. The van der Waals surface area contributed by atoms with Crippen molar-refractivity contribution in [2.24, 2.45) is 5.73 Å². The van der Waals surface area contributed by atoms with E-state index in [1.165, 1.54) is 11.8 Å². The minimum Gasteiger partial charge on any atom is -0.488 e. The van der Waals surface area contributed by atoms with E-state index in [4.69, 9.17) is 22.1 Å². The number of carbonyl (C=O) groups excluding carboxylic acids is 2. The number of nitrogens with one attached hydrogen (secondary N) is 1. The van der Waals surface area contributed by atoms with E-state index in [0.29, 0.717) is 22.0 Å². The SMILES string of the molecule is NC(=O)CSc1ccccc1NC(=O)C1=Cc2cc(Cl)ccc2OC1. The van der Waals surface area contributed by atoms with Crippen molar-refractivity contribution in [1.82, 2.24) is 0 Å². The fourth-order valence-electron chi connectivity index (χ4n) is 2.33. The van der Waals surface area contributed by atoms with Crippen LogP contribution in [0.3, 0.4) is 0 Å². The highest BCUT2D eigenvalue weighted by Gasteiger charge is 2.18. The van der Waals surface area contributed by atoms with E-state index in [1.54, 1.807) is 30.3 Å². The Morgan fingerprint density at radius 3 is 2.84 bits per heavy atom. The number of primary amides is 1. The topological polar surface area (TPSA) is 81.4 Å². The lowest BCUT2D eigenvalue weighted by Gasteiger charge is -2.18. The third-order valence-corrected chi connectivity index (χ3v) is 4.81. The highest BCUT2D eigenvalue weighted by molar-refractivity contribution is 8.00. The molecule has 0 unspecified atom stereocenters. The van der Waals surface area contributed by atoms with Gasteiger partial charge in [0.05, 0.1) is 17.0 Å². The molecular formula is C18H15ClN2O3S. The van der Waals surface area contributed by atoms with Crippen molar-refractivity contribution in [1.29, 1.82) is 0 Å². The lowest BCUT2D eigenvalue weighted by molar-refractivity contribution is -0.115. The molecule has 0 atom stereocenters. The fourth-order valence-corrected chi connectivity index (χ4v) is 3.25. The summed E-state index contributed by atoms with van der Waals surface area (Å²) >= 11 is 7.27. The molecule has 3 N–H and O–H groups in total. The molecule has 7 heteroatoms. The minimum absolute atomic E-state index is 0.143. The van der Waals surface area contributed by atoms with Gasteiger partial charge in [-0.1, -0.05) is 23.7 Å². The summed E-state index contributed by atoms with van der Waals surface area (Å²) in [5, 5.41) is 3.43. The number of benzene rings is 2. The highest BCUT2D eigenvalue weighted by atomic mass is 35.5. The van der Waals surface area contributed by atoms with Gasteiger partial charge in [0.25, 0.3) is 5.91 Å². The molecule has 1 aliphatic heterocycles. The van der Waals surface area contributed by atoms with Crippen molar-refractivity contribution >= 4 is 46.9 Å². The number of ether oxygens (including phenoxy) is 1. The second kappa shape index (κ2) is 7.63. The van der Waals surface area contributed by atoms with Gasteiger partial charge in [0, 0.05) is 15.5 Å². The van der Waals surface area contributed by atoms with Crippen molar-refractivity contribution in [2.75, 3.05) is 17.7 Å². The minimum atomic E-state index is -0.414. The van der Waals surface area contributed by atoms with Gasteiger partial charge in [-0.15, -0.1) is 11.8 Å². The van der Waals surface area contributed by atoms with E-state index in [1.807, 2.05) is 18.2 Å². The summed E-state index contributed by atoms with van der Waals surface area (Å²) in [6.45, 7) is 0.178. The smallest absolute Gasteiger partial charge is 0.255 e. The zero-order valence-corrected chi connectivity index (χ0v) is 14.7. The Morgan fingerprint density at radius 1 is 1.24 bits per heavy atom. The summed E-state index contributed by atoms with van der Waals surface area (Å²) in [5.41, 5.74) is 7.06. The van der Waals surface area contributed by atoms with E-state index in [0.717, 1.165) is 10.5 Å². The first-order valence-corrected chi connectivity index (χ1v) is 8.83. The van der Waals surface area contributed by atoms with Crippen LogP contribution in [0.2, 0.25) is 5.02 Å². The average Bonchev–Trinajstić information content (AvgIpc) is 2.60. The molecule has 0 saturated carbocycles. The number of halogens is 1. The fraction of sp³-hybridized carbons (Fsp3) is 0.111. The van der Waals surface area contributed by atoms with Crippen LogP contribution in [-0.2, 0) is 9.59 Å². The average molecular weight is 375 g/mol. The van der Waals surface area contributed by atoms with Crippen LogP contribution in [0.1, 0.15) is 5.56 Å². The van der Waals surface area contributed by atoms with Crippen LogP contribution in [0.25, 0.3) is 6.08 Å². The summed E-state index contributed by atoms with van der Waals surface area (Å²) in [7, 11) is 0. The highest BCUT2D eigenvalue weighted by Crippen LogP contribution is 2.30. The first kappa shape index (κ1) is 17.4. The van der Waals surface area contributed by atoms with Crippen molar-refractivity contribution in [3.05, 3.63) is 58.6 Å². The Morgan fingerprint density at radius 2 is 2.04 bits per heavy atom. The molecule has 0 aliphatic carbocycles. The first-order chi connectivity index (χ1) is 12.0. The van der Waals surface area contributed by atoms with Crippen LogP contribution in [0.15, 0.2) is 52.9 Å². The Labute approximate surface area is 154 Å². The second-order valence-electron chi connectivity index (χ2n) is 5.35. The van der Waals surface area contributed by atoms with E-state index in [-0.39, 0.29) is 18.3 Å². The number of fused-ring (bicyclic) bond motifs is 1. The summed E-state index contributed by atoms with van der Waals surface area (Å²) in [6.07, 6.45) is 1.76. The van der Waals surface area contributed by atoms with Gasteiger partial charge in [0.15, 0.2) is 0 Å². The Hall–Kier alpha value is -2.44. The van der Waals surface area contributed by atoms with E-state index < -0.39 is 5.91 Å². The second-order valence-corrected chi connectivity index (χ2v) is 6.80. The van der Waals surface area contributed by atoms with Crippen LogP contribution in [0.5, 0.6) is 5.75 Å². The van der Waals surface area contributed by atoms with E-state index in [9.17, 15) is 9.59 Å². The number of nitrogens with two attached hydrogens (primary N) is 1. The molecule has 5 nitrogen and oxygen atoms in total. The molecule has 128 valence electrons. The van der Waals surface area contributed by atoms with Crippen LogP contribution in [0, 0.1) is 0 Å². The molecule has 0 spiro atoms. The zero-order valence-electron chi connectivity index (χ0n) is 13.1. The molecule has 2 amide bonds. The predicted octanol–water partition coefficient (Wildman–Crippen LogP) is 3.33. The molecule has 0 fully saturated rings. The number of hydrogen-bond donors (Lipinski definition) is 2. The largest absolute Gasteiger partial charge is 0.488 e. The lowest BCUT2D eigenvalue weighted by Crippen LogP contribution is -2.21. The van der Waals surface area contributed by atoms with E-state index in [2.05, 4.69) is 5.32 Å². The molecule has 0 saturated heterocycles. The zero-order chi connectivity index (χ0) is 17.8. The third kappa shape index (κ3) is 4.35. The van der Waals surface area contributed by atoms with Crippen LogP contribution in [0.4, 0.5) is 5.69 Å². The van der Waals surface area contributed by atoms with Crippen LogP contribution >= 0.6 is 23.4 Å². The number of hydrogen-bond acceptors (Lipinski definition) is 4. The van der Waals surface area contributed by atoms with Gasteiger partial charge in [0.1, 0.15) is 12.4 Å². The maximum absolute atomic E-state index is 12.6. The molecule has 2 aromatic rings. The van der Waals surface area contributed by atoms with Crippen molar-refractivity contribution < 1.29 is 14.3 Å². The molecule has 0 radical (unpaired) electrons. The molecule has 0 aromatic heterocycles. The normalized spacial score (nSPS) is 12.6. The Balaban J connectivity index is 1.78. The maximum Gasteiger partial charge on any atom is 0.255 e. The summed E-state index contributed by atoms with van der Waals surface area (Å²) in [6, 6.07) is 12.5. The van der Waals surface area contributed by atoms with Gasteiger partial charge < -0.3 is 15.8 Å². The van der Waals surface area contributed by atoms with Crippen molar-refractivity contribution in [3.63, 3.8) is 0 Å². The Bertz CT molecular complexity index is 867. The van der Waals surface area contributed by atoms with Gasteiger partial charge in [-0.25, -0.2) is 0 Å². The molecule has 0 bridgehead atoms. The predicted molar refractivity (Wildman–Crippen MR) is 99.9 cm³/mol. The van der Waals surface area contributed by atoms with E-state index >= 15 is 0 Å². The number of carbonyl (C=O) groups is 2. The summed E-state index contributed by atoms with van der Waals surface area (Å²) in [4.78, 5) is 24.3. The quantitative estimate of drug-likeness (QED) is 0.786.